The van der Waals surface area contributed by atoms with Crippen LogP contribution in [0.1, 0.15) is 38.5 Å². The van der Waals surface area contributed by atoms with E-state index in [1.165, 1.54) is 0 Å². The third-order valence-corrected chi connectivity index (χ3v) is 4.50. The van der Waals surface area contributed by atoms with Gasteiger partial charge in [-0.1, -0.05) is 23.7 Å². The second-order valence-electron chi connectivity index (χ2n) is 5.16. The summed E-state index contributed by atoms with van der Waals surface area (Å²) in [7, 11) is 0. The highest BCUT2D eigenvalue weighted by Crippen LogP contribution is 2.22. The van der Waals surface area contributed by atoms with E-state index in [0.717, 1.165) is 20.9 Å². The maximum Gasteiger partial charge on any atom is 0.220 e. The van der Waals surface area contributed by atoms with E-state index in [4.69, 9.17) is 11.6 Å². The van der Waals surface area contributed by atoms with Gasteiger partial charge in [0.2, 0.25) is 5.91 Å². The van der Waals surface area contributed by atoms with Gasteiger partial charge in [-0.15, -0.1) is 11.3 Å². The van der Waals surface area contributed by atoms with E-state index in [0.29, 0.717) is 11.6 Å². The number of carbonyl (C=O) groups is 2. The summed E-state index contributed by atoms with van der Waals surface area (Å²) in [4.78, 5) is 26.1. The van der Waals surface area contributed by atoms with E-state index < -0.39 is 0 Å². The Morgan fingerprint density at radius 1 is 1.18 bits per heavy atom. The Balaban J connectivity index is 1.80. The number of ketones is 1. The average Bonchev–Trinajstić information content (AvgIpc) is 2.81. The molecule has 1 aromatic heterocycles. The van der Waals surface area contributed by atoms with Crippen LogP contribution in [0.2, 0.25) is 5.02 Å². The van der Waals surface area contributed by atoms with E-state index in [2.05, 4.69) is 5.32 Å². The number of rotatable bonds is 6. The van der Waals surface area contributed by atoms with Crippen LogP contribution >= 0.6 is 22.9 Å². The second kappa shape index (κ2) is 7.56. The summed E-state index contributed by atoms with van der Waals surface area (Å²) in [6.07, 6.45) is 0.437. The van der Waals surface area contributed by atoms with E-state index in [1.807, 2.05) is 38.1 Å². The van der Waals surface area contributed by atoms with E-state index >= 15 is 0 Å². The molecule has 1 amide bonds. The molecular formula is C17H18ClNO2S. The van der Waals surface area contributed by atoms with Crippen LogP contribution in [0.25, 0.3) is 0 Å². The third-order valence-electron chi connectivity index (χ3n) is 3.30. The maximum absolute atomic E-state index is 12.1. The Labute approximate surface area is 139 Å². The summed E-state index contributed by atoms with van der Waals surface area (Å²) >= 11 is 7.50. The van der Waals surface area contributed by atoms with Crippen molar-refractivity contribution in [3.63, 3.8) is 0 Å². The van der Waals surface area contributed by atoms with Gasteiger partial charge in [0.25, 0.3) is 0 Å². The molecule has 0 radical (unpaired) electrons. The molecule has 2 rings (SSSR count). The summed E-state index contributed by atoms with van der Waals surface area (Å²) in [5.41, 5.74) is 1.68. The smallest absolute Gasteiger partial charge is 0.220 e. The minimum Gasteiger partial charge on any atom is -0.352 e. The van der Waals surface area contributed by atoms with Gasteiger partial charge in [-0.3, -0.25) is 9.59 Å². The van der Waals surface area contributed by atoms with E-state index in [1.54, 1.807) is 17.4 Å². The Hall–Kier alpha value is -1.65. The molecule has 0 fully saturated rings. The minimum absolute atomic E-state index is 0.0276. The normalized spacial score (nSPS) is 10.5. The molecule has 3 nitrogen and oxygen atoms in total. The van der Waals surface area contributed by atoms with Gasteiger partial charge >= 0.3 is 0 Å². The first kappa shape index (κ1) is 16.7. The zero-order chi connectivity index (χ0) is 16.1. The molecule has 5 heteroatoms. The summed E-state index contributed by atoms with van der Waals surface area (Å²) in [5, 5.41) is 3.45. The number of nitrogens with one attached hydrogen (secondary N) is 1. The van der Waals surface area contributed by atoms with Crippen molar-refractivity contribution in [2.45, 2.75) is 33.2 Å². The molecule has 0 atom stereocenters. The molecule has 2 aromatic rings. The van der Waals surface area contributed by atoms with Crippen molar-refractivity contribution in [1.29, 1.82) is 0 Å². The van der Waals surface area contributed by atoms with Crippen molar-refractivity contribution in [3.05, 3.63) is 56.2 Å². The molecule has 0 bridgehead atoms. The Morgan fingerprint density at radius 2 is 1.95 bits per heavy atom. The third kappa shape index (κ3) is 4.68. The molecule has 1 heterocycles. The fourth-order valence-electron chi connectivity index (χ4n) is 2.21. The number of carbonyl (C=O) groups excluding carboxylic acids is 2. The fourth-order valence-corrected chi connectivity index (χ4v) is 3.36. The Morgan fingerprint density at radius 3 is 2.59 bits per heavy atom. The van der Waals surface area contributed by atoms with Gasteiger partial charge in [-0.2, -0.15) is 0 Å². The van der Waals surface area contributed by atoms with Crippen LogP contribution in [0.5, 0.6) is 0 Å². The van der Waals surface area contributed by atoms with Gasteiger partial charge in [0.15, 0.2) is 5.78 Å². The number of benzene rings is 1. The predicted molar refractivity (Wildman–Crippen MR) is 90.7 cm³/mol. The first-order chi connectivity index (χ1) is 10.5. The molecule has 0 aliphatic heterocycles. The number of amides is 1. The van der Waals surface area contributed by atoms with Crippen molar-refractivity contribution in [1.82, 2.24) is 5.32 Å². The molecule has 0 unspecified atom stereocenters. The lowest BCUT2D eigenvalue weighted by molar-refractivity contribution is -0.121. The number of aryl methyl sites for hydroxylation is 2. The Bertz CT molecular complexity index is 694. The average molecular weight is 336 g/mol. The minimum atomic E-state index is -0.127. The lowest BCUT2D eigenvalue weighted by Gasteiger charge is -2.05. The number of halogens is 1. The van der Waals surface area contributed by atoms with Crippen LogP contribution in [0.3, 0.4) is 0 Å². The lowest BCUT2D eigenvalue weighted by Crippen LogP contribution is -2.23. The molecule has 116 valence electrons. The number of Topliss-reactive ketones (excluding diaryl/α,β-unsaturated/α-hetero) is 1. The van der Waals surface area contributed by atoms with Crippen LogP contribution in [-0.4, -0.2) is 11.7 Å². The first-order valence-corrected chi connectivity index (χ1v) is 8.26. The van der Waals surface area contributed by atoms with Gasteiger partial charge in [-0.05, 0) is 37.6 Å². The molecule has 0 saturated carbocycles. The van der Waals surface area contributed by atoms with Gasteiger partial charge < -0.3 is 5.32 Å². The van der Waals surface area contributed by atoms with Crippen molar-refractivity contribution in [2.75, 3.05) is 0 Å². The number of hydrogen-bond acceptors (Lipinski definition) is 3. The first-order valence-electron chi connectivity index (χ1n) is 7.07. The number of thiophene rings is 1. The van der Waals surface area contributed by atoms with Crippen molar-refractivity contribution in [3.8, 4) is 0 Å². The van der Waals surface area contributed by atoms with Gasteiger partial charge in [-0.25, -0.2) is 0 Å². The maximum atomic E-state index is 12.1. The van der Waals surface area contributed by atoms with Crippen LogP contribution in [0.15, 0.2) is 30.3 Å². The van der Waals surface area contributed by atoms with Crippen molar-refractivity contribution in [2.24, 2.45) is 0 Å². The van der Waals surface area contributed by atoms with Crippen LogP contribution in [-0.2, 0) is 11.3 Å². The molecule has 0 spiro atoms. The van der Waals surface area contributed by atoms with Gasteiger partial charge in [0.1, 0.15) is 0 Å². The van der Waals surface area contributed by atoms with Crippen LogP contribution < -0.4 is 5.32 Å². The SMILES string of the molecule is Cc1cc(C(=O)CCC(=O)NCc2cccc(Cl)c2)c(C)s1. The zero-order valence-electron chi connectivity index (χ0n) is 12.6. The van der Waals surface area contributed by atoms with E-state index in [9.17, 15) is 9.59 Å². The highest BCUT2D eigenvalue weighted by atomic mass is 35.5. The molecule has 0 aliphatic carbocycles. The highest BCUT2D eigenvalue weighted by molar-refractivity contribution is 7.12. The molecule has 0 saturated heterocycles. The topological polar surface area (TPSA) is 46.2 Å². The lowest BCUT2D eigenvalue weighted by atomic mass is 10.1. The predicted octanol–water partition coefficient (Wildman–Crippen LogP) is 4.30. The van der Waals surface area contributed by atoms with Crippen LogP contribution in [0.4, 0.5) is 0 Å². The summed E-state index contributed by atoms with van der Waals surface area (Å²) in [6, 6.07) is 9.23. The van der Waals surface area contributed by atoms with Gasteiger partial charge in [0, 0.05) is 39.7 Å². The van der Waals surface area contributed by atoms with Crippen LogP contribution in [0, 0.1) is 13.8 Å². The van der Waals surface area contributed by atoms with Crippen molar-refractivity contribution >= 4 is 34.6 Å². The largest absolute Gasteiger partial charge is 0.352 e. The monoisotopic (exact) mass is 335 g/mol. The fraction of sp³-hybridized carbons (Fsp3) is 0.294. The zero-order valence-corrected chi connectivity index (χ0v) is 14.2. The summed E-state index contributed by atoms with van der Waals surface area (Å²) in [5.74, 6) is -0.0994. The second-order valence-corrected chi connectivity index (χ2v) is 7.05. The highest BCUT2D eigenvalue weighted by Gasteiger charge is 2.13. The standard InChI is InChI=1S/C17H18ClNO2S/c1-11-8-15(12(2)22-11)16(20)6-7-17(21)19-10-13-4-3-5-14(18)9-13/h3-5,8-9H,6-7,10H2,1-2H3,(H,19,21). The number of hydrogen-bond donors (Lipinski definition) is 1. The summed E-state index contributed by atoms with van der Waals surface area (Å²) in [6.45, 7) is 4.33. The van der Waals surface area contributed by atoms with Crippen molar-refractivity contribution < 1.29 is 9.59 Å². The van der Waals surface area contributed by atoms with E-state index in [-0.39, 0.29) is 24.5 Å². The quantitative estimate of drug-likeness (QED) is 0.800. The molecule has 1 aromatic carbocycles. The summed E-state index contributed by atoms with van der Waals surface area (Å²) < 4.78 is 0. The molecular weight excluding hydrogens is 318 g/mol. The molecule has 0 aliphatic rings. The van der Waals surface area contributed by atoms with Gasteiger partial charge in [0.05, 0.1) is 0 Å². The Kier molecular flexibility index (Phi) is 5.75. The molecule has 1 N–H and O–H groups in total. The molecule has 22 heavy (non-hydrogen) atoms.